The number of hydrogen-bond acceptors (Lipinski definition) is 19. The predicted octanol–water partition coefficient (Wildman–Crippen LogP) is 7.56. The van der Waals surface area contributed by atoms with Crippen LogP contribution in [0.1, 0.15) is 76.3 Å². The highest BCUT2D eigenvalue weighted by Gasteiger charge is 2.61. The Morgan fingerprint density at radius 1 is 0.506 bits per heavy atom. The van der Waals surface area contributed by atoms with E-state index < -0.39 is 146 Å². The molecule has 9 rings (SSSR count). The standard InChI is InChI=1S/C59H68F3NO18/c1-34(64)67-31-43-47(73-35(2)65)49(74-36(3)66)45(63-27-37-23-25-41(26-24-37)59(60,61)62)54(75-43)71-32-42-46(68-28-38-17-11-8-12-18-38)50(69-29-39-19-13-9-14-20-39)52(70-30-40-21-15-10-16-22-40)55(76-42)72-33-44-48-51(79-57(4,5)78-48)53-56(77-44)81-58(6,7)80-53/h8-27,42-56H,28-33H2,1-7H3/t42-,43-,44-,45-,46-,47-,48+,49-,50+,51+,52-,53-,54+,55-,56-/m1/s1. The Morgan fingerprint density at radius 3 is 1.56 bits per heavy atom. The SMILES string of the molecule is CC(=O)OC[C@H]1O[C@H](OC[C@H]2O[C@@H](OC[C@H]3O[C@@H]4OC(C)(C)O[C@@H]4[C@H]4OC(C)(C)O[C@H]43)[C@H](OCc3ccccc3)[C@@H](OCc3ccccc3)[C@@H]2OCc2ccccc2)[C@H](N=Cc2ccc(C(F)(F)F)cc2)[C@@H](OC(C)=O)[C@@H]1OC(C)=O. The van der Waals surface area contributed by atoms with Crippen molar-refractivity contribution in [2.75, 3.05) is 19.8 Å². The summed E-state index contributed by atoms with van der Waals surface area (Å²) in [4.78, 5) is 42.7. The Bertz CT molecular complexity index is 2720. The van der Waals surface area contributed by atoms with Gasteiger partial charge >= 0.3 is 24.1 Å². The van der Waals surface area contributed by atoms with Crippen LogP contribution >= 0.6 is 0 Å². The smallest absolute Gasteiger partial charge is 0.416 e. The molecule has 0 unspecified atom stereocenters. The zero-order valence-electron chi connectivity index (χ0n) is 45.9. The molecule has 0 aromatic heterocycles. The molecule has 0 radical (unpaired) electrons. The minimum absolute atomic E-state index is 0.0591. The molecule has 0 N–H and O–H groups in total. The van der Waals surface area contributed by atoms with Crippen molar-refractivity contribution in [3.05, 3.63) is 143 Å². The molecular formula is C59H68F3NO18. The van der Waals surface area contributed by atoms with Gasteiger partial charge in [0.15, 0.2) is 42.7 Å². The van der Waals surface area contributed by atoms with E-state index >= 15 is 0 Å². The van der Waals surface area contributed by atoms with Gasteiger partial charge in [0, 0.05) is 27.0 Å². The average Bonchev–Trinajstić information content (AvgIpc) is 3.95. The van der Waals surface area contributed by atoms with Crippen molar-refractivity contribution in [3.8, 4) is 0 Å². The Hall–Kier alpha value is -5.73. The number of carbonyl (C=O) groups excluding carboxylic acids is 3. The first-order chi connectivity index (χ1) is 38.7. The van der Waals surface area contributed by atoms with Crippen molar-refractivity contribution in [2.45, 2.75) is 178 Å². The van der Waals surface area contributed by atoms with E-state index in [9.17, 15) is 27.6 Å². The third-order valence-electron chi connectivity index (χ3n) is 13.9. The molecule has 438 valence electrons. The lowest BCUT2D eigenvalue weighted by Crippen LogP contribution is -2.64. The van der Waals surface area contributed by atoms with Gasteiger partial charge in [0.25, 0.3) is 0 Å². The number of benzene rings is 4. The highest BCUT2D eigenvalue weighted by molar-refractivity contribution is 5.80. The van der Waals surface area contributed by atoms with Crippen LogP contribution < -0.4 is 0 Å². The zero-order chi connectivity index (χ0) is 57.5. The summed E-state index contributed by atoms with van der Waals surface area (Å²) in [6.45, 7) is 9.78. The van der Waals surface area contributed by atoms with Gasteiger partial charge in [0.1, 0.15) is 67.6 Å². The second-order valence-corrected chi connectivity index (χ2v) is 21.1. The summed E-state index contributed by atoms with van der Waals surface area (Å²) in [6.07, 6.45) is -18.1. The quantitative estimate of drug-likeness (QED) is 0.0449. The Kier molecular flexibility index (Phi) is 19.4. The van der Waals surface area contributed by atoms with Gasteiger partial charge in [-0.3, -0.25) is 19.4 Å². The van der Waals surface area contributed by atoms with Crippen LogP contribution in [-0.2, 0) is 111 Å². The molecule has 4 aromatic rings. The Labute approximate surface area is 467 Å². The van der Waals surface area contributed by atoms with Gasteiger partial charge in [-0.05, 0) is 62.1 Å². The number of halogens is 3. The lowest BCUT2D eigenvalue weighted by Gasteiger charge is -2.47. The molecule has 5 fully saturated rings. The van der Waals surface area contributed by atoms with Gasteiger partial charge in [-0.2, -0.15) is 13.2 Å². The summed E-state index contributed by atoms with van der Waals surface area (Å²) < 4.78 is 138. The third-order valence-corrected chi connectivity index (χ3v) is 13.9. The summed E-state index contributed by atoms with van der Waals surface area (Å²) in [5.41, 5.74) is 1.81. The van der Waals surface area contributed by atoms with Crippen LogP contribution in [-0.4, -0.2) is 148 Å². The lowest BCUT2D eigenvalue weighted by atomic mass is 9.96. The van der Waals surface area contributed by atoms with E-state index in [0.717, 1.165) is 42.7 Å². The highest BCUT2D eigenvalue weighted by Crippen LogP contribution is 2.45. The maximum absolute atomic E-state index is 13.6. The normalized spacial score (nSPS) is 31.5. The summed E-state index contributed by atoms with van der Waals surface area (Å²) in [5.74, 6) is -4.33. The van der Waals surface area contributed by atoms with E-state index in [1.54, 1.807) is 27.7 Å². The molecule has 81 heavy (non-hydrogen) atoms. The number of carbonyl (C=O) groups is 3. The average molecular weight is 1140 g/mol. The number of fused-ring (bicyclic) bond motifs is 3. The van der Waals surface area contributed by atoms with Gasteiger partial charge < -0.3 is 71.1 Å². The molecule has 4 aromatic carbocycles. The van der Waals surface area contributed by atoms with Gasteiger partial charge in [-0.1, -0.05) is 103 Å². The molecule has 0 saturated carbocycles. The van der Waals surface area contributed by atoms with Crippen LogP contribution in [0.2, 0.25) is 0 Å². The van der Waals surface area contributed by atoms with Gasteiger partial charge in [-0.25, -0.2) is 0 Å². The van der Waals surface area contributed by atoms with E-state index in [0.29, 0.717) is 0 Å². The third kappa shape index (κ3) is 15.7. The van der Waals surface area contributed by atoms with Crippen molar-refractivity contribution < 1.29 is 98.6 Å². The highest BCUT2D eigenvalue weighted by atomic mass is 19.4. The topological polar surface area (TPSA) is 202 Å². The fourth-order valence-electron chi connectivity index (χ4n) is 10.3. The molecular weight excluding hydrogens is 1070 g/mol. The molecule has 0 amide bonds. The Morgan fingerprint density at radius 2 is 0.988 bits per heavy atom. The molecule has 5 heterocycles. The van der Waals surface area contributed by atoms with Crippen molar-refractivity contribution in [1.29, 1.82) is 0 Å². The molecule has 15 atom stereocenters. The first kappa shape index (κ1) is 59.9. The van der Waals surface area contributed by atoms with Crippen LogP contribution in [0.4, 0.5) is 13.2 Å². The number of esters is 3. The van der Waals surface area contributed by atoms with Crippen LogP contribution in [0, 0.1) is 0 Å². The predicted molar refractivity (Wildman–Crippen MR) is 277 cm³/mol. The first-order valence-electron chi connectivity index (χ1n) is 26.7. The minimum atomic E-state index is -4.61. The van der Waals surface area contributed by atoms with Crippen LogP contribution in [0.3, 0.4) is 0 Å². The number of ether oxygens (including phenoxy) is 15. The minimum Gasteiger partial charge on any atom is -0.463 e. The molecule has 5 aliphatic rings. The lowest BCUT2D eigenvalue weighted by molar-refractivity contribution is -0.345. The summed E-state index contributed by atoms with van der Waals surface area (Å²) in [6, 6.07) is 31.2. The van der Waals surface area contributed by atoms with E-state index in [1.165, 1.54) is 25.3 Å². The van der Waals surface area contributed by atoms with Gasteiger partial charge in [0.05, 0.1) is 38.6 Å². The van der Waals surface area contributed by atoms with Crippen molar-refractivity contribution >= 4 is 24.1 Å². The van der Waals surface area contributed by atoms with E-state index in [-0.39, 0.29) is 32.0 Å². The zero-order valence-corrected chi connectivity index (χ0v) is 45.9. The second-order valence-electron chi connectivity index (χ2n) is 21.1. The van der Waals surface area contributed by atoms with Crippen LogP contribution in [0.15, 0.2) is 120 Å². The maximum Gasteiger partial charge on any atom is 0.416 e. The number of aliphatic imine (C=N–C) groups is 1. The number of alkyl halides is 3. The summed E-state index contributed by atoms with van der Waals surface area (Å²) in [7, 11) is 0. The van der Waals surface area contributed by atoms with Crippen molar-refractivity contribution in [2.24, 2.45) is 4.99 Å². The van der Waals surface area contributed by atoms with Gasteiger partial charge in [-0.15, -0.1) is 0 Å². The fourth-order valence-corrected chi connectivity index (χ4v) is 10.3. The molecule has 5 aliphatic heterocycles. The molecule has 0 aliphatic carbocycles. The molecule has 0 bridgehead atoms. The van der Waals surface area contributed by atoms with Gasteiger partial charge in [0.2, 0.25) is 0 Å². The second kappa shape index (κ2) is 26.2. The molecule has 5 saturated heterocycles. The molecule has 19 nitrogen and oxygen atoms in total. The molecule has 0 spiro atoms. The monoisotopic (exact) mass is 1140 g/mol. The first-order valence-corrected chi connectivity index (χ1v) is 26.7. The summed E-state index contributed by atoms with van der Waals surface area (Å²) >= 11 is 0. The van der Waals surface area contributed by atoms with E-state index in [1.807, 2.05) is 91.0 Å². The maximum atomic E-state index is 13.6. The number of nitrogens with zero attached hydrogens (tertiary/aromatic N) is 1. The number of hydrogen-bond donors (Lipinski definition) is 0. The summed E-state index contributed by atoms with van der Waals surface area (Å²) in [5, 5.41) is 0. The van der Waals surface area contributed by atoms with E-state index in [4.69, 9.17) is 71.1 Å². The fraction of sp³-hybridized carbons (Fsp3) is 0.525. The van der Waals surface area contributed by atoms with Crippen LogP contribution in [0.5, 0.6) is 0 Å². The Balaban J connectivity index is 1.09. The largest absolute Gasteiger partial charge is 0.463 e. The van der Waals surface area contributed by atoms with E-state index in [2.05, 4.69) is 4.99 Å². The van der Waals surface area contributed by atoms with Crippen molar-refractivity contribution in [3.63, 3.8) is 0 Å². The van der Waals surface area contributed by atoms with Crippen molar-refractivity contribution in [1.82, 2.24) is 0 Å². The molecule has 22 heteroatoms. The number of rotatable bonds is 21. The van der Waals surface area contributed by atoms with Crippen LogP contribution in [0.25, 0.3) is 0 Å².